The predicted molar refractivity (Wildman–Crippen MR) is 95.6 cm³/mol. The lowest BCUT2D eigenvalue weighted by molar-refractivity contribution is -0.139. The number of carbonyl (C=O) groups is 2. The van der Waals surface area contributed by atoms with Crippen LogP contribution < -0.4 is 9.47 Å². The average molecular weight is 356 g/mol. The van der Waals surface area contributed by atoms with Crippen molar-refractivity contribution in [1.29, 1.82) is 0 Å². The summed E-state index contributed by atoms with van der Waals surface area (Å²) in [4.78, 5) is 21.9. The summed E-state index contributed by atoms with van der Waals surface area (Å²) in [6.45, 7) is 3.36. The van der Waals surface area contributed by atoms with Gasteiger partial charge in [-0.3, -0.25) is 9.59 Å². The van der Waals surface area contributed by atoms with Crippen LogP contribution in [0.1, 0.15) is 26.7 Å². The highest BCUT2D eigenvalue weighted by molar-refractivity contribution is 6.06. The van der Waals surface area contributed by atoms with Gasteiger partial charge in [-0.15, -0.1) is 0 Å². The Labute approximate surface area is 151 Å². The Hall–Kier alpha value is -3.02. The van der Waals surface area contributed by atoms with E-state index in [0.717, 1.165) is 22.3 Å². The summed E-state index contributed by atoms with van der Waals surface area (Å²) < 4.78 is 11.7. The highest BCUT2D eigenvalue weighted by Crippen LogP contribution is 2.55. The smallest absolute Gasteiger partial charge is 0.307 e. The minimum atomic E-state index is -0.950. The van der Waals surface area contributed by atoms with Gasteiger partial charge in [0, 0.05) is 5.56 Å². The van der Waals surface area contributed by atoms with Gasteiger partial charge in [0.1, 0.15) is 12.2 Å². The largest absolute Gasteiger partial charge is 0.486 e. The Morgan fingerprint density at radius 2 is 1.42 bits per heavy atom. The Kier molecular flexibility index (Phi) is 4.84. The zero-order valence-corrected chi connectivity index (χ0v) is 14.6. The number of fused-ring (bicyclic) bond motifs is 4. The van der Waals surface area contributed by atoms with Gasteiger partial charge >= 0.3 is 11.9 Å². The van der Waals surface area contributed by atoms with E-state index in [2.05, 4.69) is 0 Å². The van der Waals surface area contributed by atoms with Gasteiger partial charge in [-0.1, -0.05) is 24.3 Å². The lowest BCUT2D eigenvalue weighted by Gasteiger charge is -2.29. The number of benzene rings is 2. The fraction of sp³-hybridized carbons (Fsp3) is 0.300. The van der Waals surface area contributed by atoms with Crippen LogP contribution in [0.4, 0.5) is 0 Å². The molecule has 0 radical (unpaired) electrons. The topological polar surface area (TPSA) is 93.1 Å². The molecule has 2 aromatic carbocycles. The van der Waals surface area contributed by atoms with Crippen molar-refractivity contribution in [2.45, 2.75) is 38.9 Å². The highest BCUT2D eigenvalue weighted by Gasteiger charge is 2.30. The van der Waals surface area contributed by atoms with Crippen LogP contribution in [0.25, 0.3) is 22.3 Å². The molecule has 0 bridgehead atoms. The van der Waals surface area contributed by atoms with Crippen molar-refractivity contribution in [2.24, 2.45) is 0 Å². The third-order valence-corrected chi connectivity index (χ3v) is 4.18. The molecule has 0 fully saturated rings. The maximum atomic E-state index is 11.0. The van der Waals surface area contributed by atoms with E-state index in [-0.39, 0.29) is 12.8 Å². The molecule has 0 saturated carbocycles. The first kappa shape index (κ1) is 17.8. The summed E-state index contributed by atoms with van der Waals surface area (Å²) in [5, 5.41) is 17.9. The van der Waals surface area contributed by atoms with Gasteiger partial charge < -0.3 is 19.7 Å². The summed E-state index contributed by atoms with van der Waals surface area (Å²) >= 11 is 0. The molecule has 2 aromatic rings. The first-order valence-corrected chi connectivity index (χ1v) is 8.40. The van der Waals surface area contributed by atoms with Crippen molar-refractivity contribution in [3.05, 3.63) is 36.4 Å². The lowest BCUT2D eigenvalue weighted by atomic mass is 9.80. The second-order valence-electron chi connectivity index (χ2n) is 6.41. The quantitative estimate of drug-likeness (QED) is 0.637. The van der Waals surface area contributed by atoms with Crippen LogP contribution in [-0.4, -0.2) is 34.4 Å². The Balaban J connectivity index is 1.95. The van der Waals surface area contributed by atoms with Gasteiger partial charge in [-0.05, 0) is 42.7 Å². The number of carboxylic acids is 2. The molecule has 0 amide bonds. The third kappa shape index (κ3) is 3.49. The van der Waals surface area contributed by atoms with Crippen molar-refractivity contribution in [3.8, 4) is 33.8 Å². The molecule has 26 heavy (non-hydrogen) atoms. The van der Waals surface area contributed by atoms with E-state index in [9.17, 15) is 9.59 Å². The van der Waals surface area contributed by atoms with Crippen LogP contribution in [0.3, 0.4) is 0 Å². The molecule has 0 aliphatic heterocycles. The summed E-state index contributed by atoms with van der Waals surface area (Å²) in [7, 11) is 0. The average Bonchev–Trinajstić information content (AvgIpc) is 2.52. The van der Waals surface area contributed by atoms with Gasteiger partial charge in [0.05, 0.1) is 12.8 Å². The molecular weight excluding hydrogens is 336 g/mol. The third-order valence-electron chi connectivity index (χ3n) is 4.18. The summed E-state index contributed by atoms with van der Waals surface area (Å²) in [5.41, 5.74) is 3.99. The molecule has 0 heterocycles. The first-order valence-electron chi connectivity index (χ1n) is 8.40. The highest BCUT2D eigenvalue weighted by atomic mass is 16.5. The van der Waals surface area contributed by atoms with E-state index in [4.69, 9.17) is 19.7 Å². The number of aliphatic carboxylic acids is 2. The van der Waals surface area contributed by atoms with Crippen LogP contribution in [0.2, 0.25) is 0 Å². The molecule has 0 aromatic heterocycles. The van der Waals surface area contributed by atoms with Gasteiger partial charge in [-0.2, -0.15) is 0 Å². The van der Waals surface area contributed by atoms with E-state index in [1.165, 1.54) is 0 Å². The molecule has 2 atom stereocenters. The lowest BCUT2D eigenvalue weighted by Crippen LogP contribution is -2.21. The maximum Gasteiger partial charge on any atom is 0.307 e. The molecule has 136 valence electrons. The van der Waals surface area contributed by atoms with Crippen molar-refractivity contribution >= 4 is 11.9 Å². The van der Waals surface area contributed by atoms with Crippen molar-refractivity contribution < 1.29 is 29.3 Å². The monoisotopic (exact) mass is 356 g/mol. The van der Waals surface area contributed by atoms with Crippen LogP contribution in [0.5, 0.6) is 11.5 Å². The van der Waals surface area contributed by atoms with Gasteiger partial charge in [-0.25, -0.2) is 0 Å². The maximum absolute atomic E-state index is 11.0. The van der Waals surface area contributed by atoms with E-state index in [1.54, 1.807) is 19.9 Å². The van der Waals surface area contributed by atoms with Crippen LogP contribution in [0.15, 0.2) is 36.4 Å². The second kappa shape index (κ2) is 7.07. The van der Waals surface area contributed by atoms with Crippen molar-refractivity contribution in [1.82, 2.24) is 0 Å². The number of rotatable bonds is 8. The number of hydrogen-bond donors (Lipinski definition) is 2. The zero-order chi connectivity index (χ0) is 18.8. The van der Waals surface area contributed by atoms with Crippen LogP contribution in [0, 0.1) is 0 Å². The molecule has 6 heteroatoms. The second-order valence-corrected chi connectivity index (χ2v) is 6.41. The van der Waals surface area contributed by atoms with E-state index < -0.39 is 24.1 Å². The Morgan fingerprint density at radius 3 is 2.04 bits per heavy atom. The number of carboxylic acid groups (broad SMARTS) is 2. The van der Waals surface area contributed by atoms with Crippen LogP contribution >= 0.6 is 0 Å². The molecule has 2 unspecified atom stereocenters. The predicted octanol–water partition coefficient (Wildman–Crippen LogP) is 3.82. The molecule has 0 saturated heterocycles. The van der Waals surface area contributed by atoms with E-state index >= 15 is 0 Å². The van der Waals surface area contributed by atoms with Crippen LogP contribution in [-0.2, 0) is 9.59 Å². The standard InChI is InChI=1S/C20H20O6/c1-11(9-17(21)22)25-16-8-7-15-13-5-3-4-6-14(13)19(15)20(16)26-12(2)10-18(23)24/h3-8,11-12H,9-10H2,1-2H3,(H,21,22)(H,23,24). The van der Waals surface area contributed by atoms with E-state index in [1.807, 2.05) is 30.3 Å². The summed E-state index contributed by atoms with van der Waals surface area (Å²) in [6, 6.07) is 11.5. The van der Waals surface area contributed by atoms with Gasteiger partial charge in [0.25, 0.3) is 0 Å². The van der Waals surface area contributed by atoms with Gasteiger partial charge in [0.15, 0.2) is 11.5 Å². The van der Waals surface area contributed by atoms with Gasteiger partial charge in [0.2, 0.25) is 0 Å². The zero-order valence-electron chi connectivity index (χ0n) is 14.6. The number of ether oxygens (including phenoxy) is 2. The molecular formula is C20H20O6. The molecule has 2 N–H and O–H groups in total. The normalized spacial score (nSPS) is 13.6. The molecule has 0 spiro atoms. The Bertz CT molecular complexity index is 857. The molecule has 6 nitrogen and oxygen atoms in total. The Morgan fingerprint density at radius 1 is 0.846 bits per heavy atom. The molecule has 1 aliphatic carbocycles. The van der Waals surface area contributed by atoms with Crippen molar-refractivity contribution in [3.63, 3.8) is 0 Å². The minimum absolute atomic E-state index is 0.141. The molecule has 1 aliphatic rings. The fourth-order valence-electron chi connectivity index (χ4n) is 3.13. The summed E-state index contributed by atoms with van der Waals surface area (Å²) in [6.07, 6.45) is -1.38. The molecule has 3 rings (SSSR count). The minimum Gasteiger partial charge on any atom is -0.486 e. The summed E-state index contributed by atoms with van der Waals surface area (Å²) in [5.74, 6) is -1.01. The van der Waals surface area contributed by atoms with E-state index in [0.29, 0.717) is 11.5 Å². The van der Waals surface area contributed by atoms with Crippen molar-refractivity contribution in [2.75, 3.05) is 0 Å². The SMILES string of the molecule is CC(CC(=O)O)Oc1ccc2c(c1OC(C)CC(=O)O)-c1ccccc1-2. The first-order chi connectivity index (χ1) is 12.4. The number of hydrogen-bond acceptors (Lipinski definition) is 4. The fourth-order valence-corrected chi connectivity index (χ4v) is 3.13.